The van der Waals surface area contributed by atoms with Crippen LogP contribution in [0, 0.1) is 0 Å². The van der Waals surface area contributed by atoms with Crippen molar-refractivity contribution in [3.8, 4) is 0 Å². The summed E-state index contributed by atoms with van der Waals surface area (Å²) in [5, 5.41) is 18.6. The predicted octanol–water partition coefficient (Wildman–Crippen LogP) is 1.48. The van der Waals surface area contributed by atoms with Crippen molar-refractivity contribution in [3.05, 3.63) is 46.8 Å². The number of aliphatic hydroxyl groups is 1. The van der Waals surface area contributed by atoms with E-state index in [9.17, 15) is 14.7 Å². The van der Waals surface area contributed by atoms with Crippen LogP contribution in [0.1, 0.15) is 50.4 Å². The molecule has 6 N–H and O–H groups in total. The Bertz CT molecular complexity index is 1080. The Hall–Kier alpha value is -3.40. The van der Waals surface area contributed by atoms with Crippen LogP contribution in [0.4, 0.5) is 17.3 Å². The average Bonchev–Trinajstić information content (AvgIpc) is 3.14. The zero-order valence-corrected chi connectivity index (χ0v) is 18.0. The summed E-state index contributed by atoms with van der Waals surface area (Å²) in [6, 6.07) is 5.31. The molecule has 0 radical (unpaired) electrons. The van der Waals surface area contributed by atoms with Gasteiger partial charge < -0.3 is 31.4 Å². The highest BCUT2D eigenvalue weighted by atomic mass is 16.3. The number of nitrogens with one attached hydrogen (secondary N) is 3. The molecule has 1 amide bonds. The number of aliphatic hydroxyl groups excluding tert-OH is 1. The van der Waals surface area contributed by atoms with Crippen LogP contribution in [0.25, 0.3) is 5.57 Å². The van der Waals surface area contributed by atoms with E-state index >= 15 is 0 Å². The molecule has 2 aromatic rings. The van der Waals surface area contributed by atoms with E-state index in [-0.39, 0.29) is 29.0 Å². The van der Waals surface area contributed by atoms with Crippen LogP contribution in [0.3, 0.4) is 0 Å². The van der Waals surface area contributed by atoms with E-state index in [2.05, 4.69) is 25.9 Å². The molecular weight excluding hydrogens is 410 g/mol. The first kappa shape index (κ1) is 21.8. The van der Waals surface area contributed by atoms with Crippen LogP contribution in [0.5, 0.6) is 0 Å². The average molecular weight is 440 g/mol. The van der Waals surface area contributed by atoms with Gasteiger partial charge in [-0.1, -0.05) is 0 Å². The van der Waals surface area contributed by atoms with Gasteiger partial charge in [-0.25, -0.2) is 9.97 Å². The first-order valence-corrected chi connectivity index (χ1v) is 10.9. The second-order valence-corrected chi connectivity index (χ2v) is 8.27. The minimum Gasteiger partial charge on any atom is -0.404 e. The molecule has 2 aliphatic rings. The highest BCUT2D eigenvalue weighted by molar-refractivity contribution is 6.18. The van der Waals surface area contributed by atoms with Crippen LogP contribution in [-0.4, -0.2) is 44.7 Å². The number of carbonyl (C=O) groups is 1. The predicted molar refractivity (Wildman–Crippen MR) is 122 cm³/mol. The van der Waals surface area contributed by atoms with E-state index in [1.807, 2.05) is 6.07 Å². The molecule has 2 saturated carbocycles. The van der Waals surface area contributed by atoms with Gasteiger partial charge in [0, 0.05) is 37.6 Å². The van der Waals surface area contributed by atoms with Crippen molar-refractivity contribution in [2.24, 2.45) is 5.73 Å². The molecule has 4 rings (SSSR count). The summed E-state index contributed by atoms with van der Waals surface area (Å²) in [6.07, 6.45) is 7.58. The summed E-state index contributed by atoms with van der Waals surface area (Å²) in [5.41, 5.74) is 6.15. The Morgan fingerprint density at radius 3 is 2.66 bits per heavy atom. The standard InChI is InChI=1S/C22H29N7O3/c1-24-18-11-19(26-17-6-3-9-29(22(17)32)14-4-2-5-14)28-20(27-18)16(12-23)21(31)25-13-7-8-15(30)10-13/h3,6,9,11-15,30H,2,4-5,7-8,10,23H2,1H3,(H,25,31)(H2,24,26,27,28)/t13-,15?/m1/s1. The van der Waals surface area contributed by atoms with E-state index in [1.54, 1.807) is 29.9 Å². The lowest BCUT2D eigenvalue weighted by Crippen LogP contribution is -2.34. The third kappa shape index (κ3) is 4.59. The topological polar surface area (TPSA) is 147 Å². The number of carbonyl (C=O) groups excluding carboxylic acids is 1. The second-order valence-electron chi connectivity index (χ2n) is 8.27. The summed E-state index contributed by atoms with van der Waals surface area (Å²) in [4.78, 5) is 34.5. The molecule has 2 atom stereocenters. The van der Waals surface area contributed by atoms with E-state index in [0.29, 0.717) is 36.6 Å². The van der Waals surface area contributed by atoms with Crippen molar-refractivity contribution < 1.29 is 9.90 Å². The van der Waals surface area contributed by atoms with Crippen molar-refractivity contribution in [1.82, 2.24) is 19.9 Å². The zero-order chi connectivity index (χ0) is 22.7. The number of rotatable bonds is 7. The lowest BCUT2D eigenvalue weighted by atomic mass is 9.93. The Kier molecular flexibility index (Phi) is 6.40. The SMILES string of the molecule is CNc1cc(Nc2cccn(C3CCC3)c2=O)nc(C(=CN)C(=O)N[C@@H]2CCC(O)C2)n1. The summed E-state index contributed by atoms with van der Waals surface area (Å²) in [7, 11) is 1.70. The van der Waals surface area contributed by atoms with E-state index in [4.69, 9.17) is 5.73 Å². The normalized spacial score (nSPS) is 21.1. The van der Waals surface area contributed by atoms with Crippen molar-refractivity contribution in [3.63, 3.8) is 0 Å². The zero-order valence-electron chi connectivity index (χ0n) is 18.0. The molecular formula is C22H29N7O3. The first-order valence-electron chi connectivity index (χ1n) is 10.9. The maximum Gasteiger partial charge on any atom is 0.274 e. The van der Waals surface area contributed by atoms with Gasteiger partial charge in [0.2, 0.25) is 0 Å². The van der Waals surface area contributed by atoms with Crippen LogP contribution >= 0.6 is 0 Å². The number of amides is 1. The van der Waals surface area contributed by atoms with E-state index < -0.39 is 12.0 Å². The fourth-order valence-corrected chi connectivity index (χ4v) is 4.06. The summed E-state index contributed by atoms with van der Waals surface area (Å²) < 4.78 is 1.75. The van der Waals surface area contributed by atoms with Gasteiger partial charge in [-0.2, -0.15) is 0 Å². The number of nitrogens with zero attached hydrogens (tertiary/aromatic N) is 3. The molecule has 0 spiro atoms. The van der Waals surface area contributed by atoms with Crippen LogP contribution in [-0.2, 0) is 4.79 Å². The molecule has 10 nitrogen and oxygen atoms in total. The molecule has 170 valence electrons. The highest BCUT2D eigenvalue weighted by Crippen LogP contribution is 2.30. The van der Waals surface area contributed by atoms with Crippen molar-refractivity contribution in [2.45, 2.75) is 56.7 Å². The van der Waals surface area contributed by atoms with Gasteiger partial charge >= 0.3 is 0 Å². The smallest absolute Gasteiger partial charge is 0.274 e. The van der Waals surface area contributed by atoms with Gasteiger partial charge in [0.15, 0.2) is 5.82 Å². The number of anilines is 3. The summed E-state index contributed by atoms with van der Waals surface area (Å²) >= 11 is 0. The third-order valence-corrected chi connectivity index (χ3v) is 6.08. The second kappa shape index (κ2) is 9.39. The number of aromatic nitrogens is 3. The van der Waals surface area contributed by atoms with Gasteiger partial charge in [0.05, 0.1) is 11.7 Å². The molecule has 1 unspecified atom stereocenters. The van der Waals surface area contributed by atoms with Gasteiger partial charge in [0.1, 0.15) is 17.3 Å². The molecule has 0 bridgehead atoms. The summed E-state index contributed by atoms with van der Waals surface area (Å²) in [6.45, 7) is 0. The quantitative estimate of drug-likeness (QED) is 0.408. The fraction of sp³-hybridized carbons (Fsp3) is 0.455. The first-order chi connectivity index (χ1) is 15.5. The molecule has 2 aliphatic carbocycles. The minimum absolute atomic E-state index is 0.115. The number of hydrogen-bond donors (Lipinski definition) is 5. The van der Waals surface area contributed by atoms with Gasteiger partial charge in [-0.15, -0.1) is 0 Å². The Balaban J connectivity index is 1.58. The molecule has 32 heavy (non-hydrogen) atoms. The van der Waals surface area contributed by atoms with E-state index in [1.165, 1.54) is 6.20 Å². The maximum atomic E-state index is 12.9. The molecule has 0 saturated heterocycles. The van der Waals surface area contributed by atoms with Crippen molar-refractivity contribution in [1.29, 1.82) is 0 Å². The van der Waals surface area contributed by atoms with Crippen LogP contribution in [0.15, 0.2) is 35.4 Å². The Morgan fingerprint density at radius 2 is 2.03 bits per heavy atom. The lowest BCUT2D eigenvalue weighted by molar-refractivity contribution is -0.116. The molecule has 2 aromatic heterocycles. The van der Waals surface area contributed by atoms with Crippen molar-refractivity contribution >= 4 is 28.8 Å². The molecule has 0 aliphatic heterocycles. The molecule has 10 heteroatoms. The third-order valence-electron chi connectivity index (χ3n) is 6.08. The lowest BCUT2D eigenvalue weighted by Gasteiger charge is -2.27. The summed E-state index contributed by atoms with van der Waals surface area (Å²) in [5.74, 6) is 0.563. The minimum atomic E-state index is -0.405. The van der Waals surface area contributed by atoms with Gasteiger partial charge in [-0.05, 0) is 50.7 Å². The fourth-order valence-electron chi connectivity index (χ4n) is 4.06. The molecule has 0 aromatic carbocycles. The monoisotopic (exact) mass is 439 g/mol. The Labute approximate surface area is 186 Å². The molecule has 2 heterocycles. The van der Waals surface area contributed by atoms with Gasteiger partial charge in [-0.3, -0.25) is 9.59 Å². The van der Waals surface area contributed by atoms with Gasteiger partial charge in [0.25, 0.3) is 11.5 Å². The van der Waals surface area contributed by atoms with Crippen LogP contribution in [0.2, 0.25) is 0 Å². The Morgan fingerprint density at radius 1 is 1.25 bits per heavy atom. The maximum absolute atomic E-state index is 12.9. The molecule has 2 fully saturated rings. The van der Waals surface area contributed by atoms with E-state index in [0.717, 1.165) is 19.3 Å². The number of hydrogen-bond acceptors (Lipinski definition) is 8. The number of pyridine rings is 1. The van der Waals surface area contributed by atoms with Crippen LogP contribution < -0.4 is 27.2 Å². The largest absolute Gasteiger partial charge is 0.404 e. The number of nitrogens with two attached hydrogens (primary N) is 1. The highest BCUT2D eigenvalue weighted by Gasteiger charge is 2.26. The van der Waals surface area contributed by atoms with Crippen molar-refractivity contribution in [2.75, 3.05) is 17.7 Å².